The van der Waals surface area contributed by atoms with Gasteiger partial charge in [0.25, 0.3) is 0 Å². The van der Waals surface area contributed by atoms with Crippen LogP contribution in [0, 0.1) is 22.9 Å². The Hall–Kier alpha value is -3.60. The second-order valence-corrected chi connectivity index (χ2v) is 9.06. The minimum atomic E-state index is -0.728. The number of nitro groups is 1. The van der Waals surface area contributed by atoms with Crippen LogP contribution in [0.2, 0.25) is 0 Å². The van der Waals surface area contributed by atoms with Crippen LogP contribution in [-0.4, -0.2) is 29.5 Å². The Morgan fingerprint density at radius 3 is 2.74 bits per heavy atom. The van der Waals surface area contributed by atoms with Crippen LogP contribution in [-0.2, 0) is 20.0 Å². The molecule has 0 spiro atoms. The van der Waals surface area contributed by atoms with Gasteiger partial charge >= 0.3 is 5.82 Å². The van der Waals surface area contributed by atoms with Crippen LogP contribution in [0.25, 0.3) is 11.3 Å². The number of halogens is 2. The van der Waals surface area contributed by atoms with Gasteiger partial charge in [0.2, 0.25) is 5.75 Å². The summed E-state index contributed by atoms with van der Waals surface area (Å²) in [5.74, 6) is -0.878. The smallest absolute Gasteiger partial charge is 0.406 e. The van der Waals surface area contributed by atoms with Crippen molar-refractivity contribution in [3.63, 3.8) is 0 Å². The molecule has 1 atom stereocenters. The second-order valence-electron chi connectivity index (χ2n) is 8.14. The van der Waals surface area contributed by atoms with Crippen molar-refractivity contribution in [3.8, 4) is 17.0 Å². The molecule has 0 bridgehead atoms. The summed E-state index contributed by atoms with van der Waals surface area (Å²) in [6, 6.07) is 5.89. The van der Waals surface area contributed by atoms with Crippen LogP contribution < -0.4 is 4.74 Å². The molecule has 0 radical (unpaired) electrons. The van der Waals surface area contributed by atoms with Crippen molar-refractivity contribution in [1.82, 2.24) is 24.5 Å². The molecule has 0 amide bonds. The summed E-state index contributed by atoms with van der Waals surface area (Å²) in [4.78, 5) is 14.7. The molecule has 0 aliphatic rings. The standard InChI is InChI=1S/C24H24BrFN6O3/c1-5-31-13-16(11-28-31)8-20-14(2)30(4)29-23(20)19-7-6-18(26)10-21(19)15(3)35-22-9-17(25)12-27-24(22)32(33)34/h6-7,9-13,15H,5,8H2,1-4H3/t15-/m1/s1. The van der Waals surface area contributed by atoms with Crippen LogP contribution >= 0.6 is 15.9 Å². The van der Waals surface area contributed by atoms with Crippen LogP contribution in [0.1, 0.15) is 42.3 Å². The number of hydrogen-bond acceptors (Lipinski definition) is 6. The zero-order valence-electron chi connectivity index (χ0n) is 19.7. The third kappa shape index (κ3) is 5.09. The van der Waals surface area contributed by atoms with E-state index in [1.807, 2.05) is 38.0 Å². The summed E-state index contributed by atoms with van der Waals surface area (Å²) in [5, 5.41) is 20.5. The van der Waals surface area contributed by atoms with Crippen molar-refractivity contribution in [2.45, 2.75) is 39.8 Å². The van der Waals surface area contributed by atoms with E-state index in [0.29, 0.717) is 27.7 Å². The van der Waals surface area contributed by atoms with Gasteiger partial charge in [-0.3, -0.25) is 9.36 Å². The van der Waals surface area contributed by atoms with Crippen molar-refractivity contribution in [3.05, 3.63) is 85.6 Å². The molecule has 0 saturated heterocycles. The molecule has 9 nitrogen and oxygen atoms in total. The number of aromatic nitrogens is 5. The molecular weight excluding hydrogens is 519 g/mol. The Balaban J connectivity index is 1.77. The highest BCUT2D eigenvalue weighted by molar-refractivity contribution is 9.10. The van der Waals surface area contributed by atoms with Crippen molar-refractivity contribution in [1.29, 1.82) is 0 Å². The van der Waals surface area contributed by atoms with E-state index in [0.717, 1.165) is 23.4 Å². The minimum absolute atomic E-state index is 0.0171. The third-order valence-corrected chi connectivity index (χ3v) is 6.27. The number of hydrogen-bond donors (Lipinski definition) is 0. The zero-order valence-corrected chi connectivity index (χ0v) is 21.3. The van der Waals surface area contributed by atoms with Gasteiger partial charge in [0.15, 0.2) is 6.20 Å². The summed E-state index contributed by atoms with van der Waals surface area (Å²) >= 11 is 3.27. The van der Waals surface area contributed by atoms with E-state index in [4.69, 9.17) is 9.84 Å². The first-order valence-electron chi connectivity index (χ1n) is 11.0. The Bertz CT molecular complexity index is 1400. The van der Waals surface area contributed by atoms with Gasteiger partial charge < -0.3 is 14.9 Å². The first kappa shape index (κ1) is 24.5. The quantitative estimate of drug-likeness (QED) is 0.214. The largest absolute Gasteiger partial charge is 0.478 e. The van der Waals surface area contributed by atoms with Crippen molar-refractivity contribution < 1.29 is 14.1 Å². The molecule has 4 aromatic rings. The lowest BCUT2D eigenvalue weighted by atomic mass is 9.95. The fraction of sp³-hybridized carbons (Fsp3) is 0.292. The fourth-order valence-electron chi connectivity index (χ4n) is 3.93. The molecule has 4 rings (SSSR count). The molecule has 0 aliphatic carbocycles. The van der Waals surface area contributed by atoms with E-state index in [-0.39, 0.29) is 5.75 Å². The summed E-state index contributed by atoms with van der Waals surface area (Å²) in [5.41, 5.74) is 4.89. The highest BCUT2D eigenvalue weighted by Crippen LogP contribution is 2.37. The van der Waals surface area contributed by atoms with E-state index in [1.165, 1.54) is 24.4 Å². The molecule has 0 N–H and O–H groups in total. The Labute approximate surface area is 209 Å². The van der Waals surface area contributed by atoms with Crippen LogP contribution in [0.15, 0.2) is 47.3 Å². The van der Waals surface area contributed by atoms with E-state index < -0.39 is 22.7 Å². The monoisotopic (exact) mass is 542 g/mol. The van der Waals surface area contributed by atoms with Gasteiger partial charge in [-0.05, 0) is 70.4 Å². The minimum Gasteiger partial charge on any atom is -0.478 e. The maximum atomic E-state index is 14.4. The van der Waals surface area contributed by atoms with Crippen molar-refractivity contribution in [2.24, 2.45) is 7.05 Å². The number of rotatable bonds is 8. The maximum Gasteiger partial charge on any atom is 0.406 e. The van der Waals surface area contributed by atoms with E-state index in [2.05, 4.69) is 26.0 Å². The number of pyridine rings is 1. The summed E-state index contributed by atoms with van der Waals surface area (Å²) in [6.45, 7) is 6.49. The molecule has 182 valence electrons. The Kier molecular flexibility index (Phi) is 6.97. The highest BCUT2D eigenvalue weighted by atomic mass is 79.9. The molecule has 3 heterocycles. The van der Waals surface area contributed by atoms with E-state index in [9.17, 15) is 14.5 Å². The third-order valence-electron chi connectivity index (χ3n) is 5.83. The topological polar surface area (TPSA) is 101 Å². The van der Waals surface area contributed by atoms with E-state index >= 15 is 0 Å². The van der Waals surface area contributed by atoms with Gasteiger partial charge in [0, 0.05) is 54.7 Å². The van der Waals surface area contributed by atoms with E-state index in [1.54, 1.807) is 17.7 Å². The number of ether oxygens (including phenoxy) is 1. The molecule has 11 heteroatoms. The fourth-order valence-corrected chi connectivity index (χ4v) is 4.24. The highest BCUT2D eigenvalue weighted by Gasteiger charge is 2.25. The first-order chi connectivity index (χ1) is 16.7. The van der Waals surface area contributed by atoms with Crippen LogP contribution in [0.4, 0.5) is 10.2 Å². The van der Waals surface area contributed by atoms with Gasteiger partial charge in [0.05, 0.1) is 16.4 Å². The Morgan fingerprint density at radius 1 is 1.29 bits per heavy atom. The Morgan fingerprint density at radius 2 is 2.06 bits per heavy atom. The summed E-state index contributed by atoms with van der Waals surface area (Å²) in [7, 11) is 1.86. The summed E-state index contributed by atoms with van der Waals surface area (Å²) in [6.07, 6.45) is 5.02. The lowest BCUT2D eigenvalue weighted by Crippen LogP contribution is -2.08. The lowest BCUT2D eigenvalue weighted by molar-refractivity contribution is -0.390. The molecule has 0 aliphatic heterocycles. The SMILES string of the molecule is CCn1cc(Cc2c(-c3ccc(F)cc3[C@@H](C)Oc3cc(Br)cnc3[N+](=O)[O-])nn(C)c2C)cn1. The molecule has 0 saturated carbocycles. The molecule has 0 unspecified atom stereocenters. The number of aryl methyl sites for hydroxylation is 2. The maximum absolute atomic E-state index is 14.4. The average molecular weight is 543 g/mol. The summed E-state index contributed by atoms with van der Waals surface area (Å²) < 4.78 is 24.5. The normalized spacial score (nSPS) is 12.1. The van der Waals surface area contributed by atoms with Gasteiger partial charge in [-0.2, -0.15) is 10.2 Å². The number of nitrogens with zero attached hydrogens (tertiary/aromatic N) is 6. The molecule has 35 heavy (non-hydrogen) atoms. The molecule has 0 fully saturated rings. The second kappa shape index (κ2) is 9.95. The van der Waals surface area contributed by atoms with Crippen LogP contribution in [0.5, 0.6) is 5.75 Å². The van der Waals surface area contributed by atoms with Gasteiger partial charge in [-0.25, -0.2) is 4.39 Å². The molecule has 3 aromatic heterocycles. The van der Waals surface area contributed by atoms with Crippen LogP contribution in [0.3, 0.4) is 0 Å². The zero-order chi connectivity index (χ0) is 25.3. The predicted molar refractivity (Wildman–Crippen MR) is 132 cm³/mol. The van der Waals surface area contributed by atoms with Gasteiger partial charge in [0.1, 0.15) is 11.9 Å². The molecular formula is C24H24BrFN6O3. The predicted octanol–water partition coefficient (Wildman–Crippen LogP) is 5.55. The van der Waals surface area contributed by atoms with Crippen molar-refractivity contribution >= 4 is 21.7 Å². The van der Waals surface area contributed by atoms with Gasteiger partial charge in [-0.1, -0.05) is 0 Å². The number of benzene rings is 1. The lowest BCUT2D eigenvalue weighted by Gasteiger charge is -2.18. The van der Waals surface area contributed by atoms with Gasteiger partial charge in [-0.15, -0.1) is 0 Å². The van der Waals surface area contributed by atoms with Crippen molar-refractivity contribution in [2.75, 3.05) is 0 Å². The first-order valence-corrected chi connectivity index (χ1v) is 11.8. The molecule has 1 aromatic carbocycles. The average Bonchev–Trinajstić information content (AvgIpc) is 3.38.